The lowest BCUT2D eigenvalue weighted by molar-refractivity contribution is 0.323. The highest BCUT2D eigenvalue weighted by molar-refractivity contribution is 5.88. The number of rotatable bonds is 4. The molecule has 158 valence electrons. The number of para-hydroxylation sites is 1. The van der Waals surface area contributed by atoms with Crippen LogP contribution in [0.15, 0.2) is 52.6 Å². The summed E-state index contributed by atoms with van der Waals surface area (Å²) >= 11 is 0. The summed E-state index contributed by atoms with van der Waals surface area (Å²) in [7, 11) is 6.19. The molecule has 8 nitrogen and oxygen atoms in total. The van der Waals surface area contributed by atoms with Crippen molar-refractivity contribution in [3.63, 3.8) is 0 Å². The Morgan fingerprint density at radius 1 is 1.10 bits per heavy atom. The smallest absolute Gasteiger partial charge is 0.258 e. The summed E-state index contributed by atoms with van der Waals surface area (Å²) < 4.78 is 23.7. The fraction of sp³-hybridized carbons (Fsp3) is 0.217. The molecule has 8 heteroatoms. The monoisotopic (exact) mass is 419 g/mol. The fourth-order valence-corrected chi connectivity index (χ4v) is 4.03. The summed E-state index contributed by atoms with van der Waals surface area (Å²) in [6, 6.07) is 12.9. The molecule has 1 aliphatic heterocycles. The van der Waals surface area contributed by atoms with Gasteiger partial charge >= 0.3 is 0 Å². The van der Waals surface area contributed by atoms with Gasteiger partial charge in [-0.25, -0.2) is 0 Å². The van der Waals surface area contributed by atoms with Crippen LogP contribution in [0.4, 0.5) is 0 Å². The zero-order valence-corrected chi connectivity index (χ0v) is 17.6. The normalized spacial score (nSPS) is 15.1. The molecule has 0 bridgehead atoms. The highest BCUT2D eigenvalue weighted by Gasteiger charge is 2.36. The van der Waals surface area contributed by atoms with E-state index in [1.54, 1.807) is 23.7 Å². The minimum atomic E-state index is -0.772. The molecule has 2 aromatic carbocycles. The Morgan fingerprint density at radius 3 is 2.32 bits per heavy atom. The summed E-state index contributed by atoms with van der Waals surface area (Å²) in [4.78, 5) is 13.4. The van der Waals surface area contributed by atoms with Gasteiger partial charge in [0.15, 0.2) is 11.5 Å². The molecule has 1 aliphatic rings. The molecular formula is C23H21N3O5. The van der Waals surface area contributed by atoms with Gasteiger partial charge in [-0.15, -0.1) is 0 Å². The number of fused-ring (bicyclic) bond motifs is 3. The topological polar surface area (TPSA) is 109 Å². The Balaban J connectivity index is 2.11. The van der Waals surface area contributed by atoms with Crippen molar-refractivity contribution < 1.29 is 18.9 Å². The lowest BCUT2D eigenvalue weighted by Crippen LogP contribution is -2.31. The van der Waals surface area contributed by atoms with Crippen LogP contribution < -0.4 is 30.2 Å². The van der Waals surface area contributed by atoms with Gasteiger partial charge in [0.1, 0.15) is 17.4 Å². The van der Waals surface area contributed by atoms with Crippen molar-refractivity contribution in [3.05, 3.63) is 69.3 Å². The van der Waals surface area contributed by atoms with Crippen LogP contribution in [0.1, 0.15) is 17.0 Å². The Labute approximate surface area is 178 Å². The van der Waals surface area contributed by atoms with E-state index in [2.05, 4.69) is 6.07 Å². The third-order valence-electron chi connectivity index (χ3n) is 5.49. The molecule has 0 aliphatic carbocycles. The first-order chi connectivity index (χ1) is 15.0. The van der Waals surface area contributed by atoms with Gasteiger partial charge in [0.05, 0.1) is 38.3 Å². The van der Waals surface area contributed by atoms with E-state index in [4.69, 9.17) is 24.7 Å². The van der Waals surface area contributed by atoms with Crippen LogP contribution in [-0.4, -0.2) is 25.9 Å². The quantitative estimate of drug-likeness (QED) is 0.693. The number of aryl methyl sites for hydroxylation is 1. The predicted molar refractivity (Wildman–Crippen MR) is 115 cm³/mol. The SMILES string of the molecule is COc1cc(C2C(C#N)=C(N)Oc3c2c(=O)n(C)c2ccccc32)cc(OC)c1OC. The van der Waals surface area contributed by atoms with Gasteiger partial charge in [-0.05, 0) is 29.8 Å². The molecule has 4 rings (SSSR count). The number of aromatic nitrogens is 1. The number of hydrogen-bond acceptors (Lipinski definition) is 7. The molecule has 0 radical (unpaired) electrons. The van der Waals surface area contributed by atoms with Gasteiger partial charge in [-0.3, -0.25) is 4.79 Å². The molecule has 0 saturated heterocycles. The zero-order valence-electron chi connectivity index (χ0n) is 17.6. The van der Waals surface area contributed by atoms with Crippen molar-refractivity contribution in [3.8, 4) is 29.1 Å². The highest BCUT2D eigenvalue weighted by atomic mass is 16.5. The standard InChI is InChI=1S/C23H21N3O5/c1-26-15-8-6-5-7-13(15)20-19(23(26)27)18(14(11-24)22(25)31-20)12-9-16(28-2)21(30-4)17(10-12)29-3/h5-10,18H,25H2,1-4H3. The van der Waals surface area contributed by atoms with Crippen molar-refractivity contribution in [1.82, 2.24) is 4.57 Å². The summed E-state index contributed by atoms with van der Waals surface area (Å²) in [5.41, 5.74) is 7.60. The van der Waals surface area contributed by atoms with E-state index in [0.717, 1.165) is 5.39 Å². The van der Waals surface area contributed by atoms with E-state index in [-0.39, 0.29) is 17.0 Å². The molecule has 0 saturated carbocycles. The highest BCUT2D eigenvalue weighted by Crippen LogP contribution is 2.47. The second kappa shape index (κ2) is 7.61. The number of nitrogens with two attached hydrogens (primary N) is 1. The van der Waals surface area contributed by atoms with Crippen molar-refractivity contribution in [2.75, 3.05) is 21.3 Å². The van der Waals surface area contributed by atoms with Crippen LogP contribution in [0, 0.1) is 11.3 Å². The maximum Gasteiger partial charge on any atom is 0.258 e. The fourth-order valence-electron chi connectivity index (χ4n) is 4.03. The summed E-state index contributed by atoms with van der Waals surface area (Å²) in [6.45, 7) is 0. The molecular weight excluding hydrogens is 398 g/mol. The Bertz CT molecular complexity index is 1310. The summed E-state index contributed by atoms with van der Waals surface area (Å²) in [5.74, 6) is 0.728. The van der Waals surface area contributed by atoms with Gasteiger partial charge < -0.3 is 29.2 Å². The number of methoxy groups -OCH3 is 3. The van der Waals surface area contributed by atoms with E-state index < -0.39 is 5.92 Å². The number of allylic oxidation sites excluding steroid dienone is 1. The van der Waals surface area contributed by atoms with Gasteiger partial charge in [0.2, 0.25) is 11.6 Å². The number of hydrogen-bond donors (Lipinski definition) is 1. The van der Waals surface area contributed by atoms with Crippen LogP contribution >= 0.6 is 0 Å². The molecule has 1 atom stereocenters. The van der Waals surface area contributed by atoms with Crippen molar-refractivity contribution in [2.24, 2.45) is 12.8 Å². The minimum absolute atomic E-state index is 0.0489. The lowest BCUT2D eigenvalue weighted by Gasteiger charge is -2.28. The van der Waals surface area contributed by atoms with Crippen LogP contribution in [0.5, 0.6) is 23.0 Å². The maximum atomic E-state index is 13.4. The van der Waals surface area contributed by atoms with E-state index in [1.807, 2.05) is 24.3 Å². The molecule has 0 spiro atoms. The number of nitrogens with zero attached hydrogens (tertiary/aromatic N) is 2. The predicted octanol–water partition coefficient (Wildman–Crippen LogP) is 2.78. The van der Waals surface area contributed by atoms with Gasteiger partial charge in [-0.1, -0.05) is 12.1 Å². The van der Waals surface area contributed by atoms with E-state index in [0.29, 0.717) is 39.6 Å². The molecule has 2 N–H and O–H groups in total. The van der Waals surface area contributed by atoms with Crippen LogP contribution in [-0.2, 0) is 7.05 Å². The maximum absolute atomic E-state index is 13.4. The van der Waals surface area contributed by atoms with E-state index in [1.165, 1.54) is 21.3 Å². The van der Waals surface area contributed by atoms with E-state index in [9.17, 15) is 10.1 Å². The zero-order chi connectivity index (χ0) is 22.3. The molecule has 1 unspecified atom stereocenters. The second-order valence-corrected chi connectivity index (χ2v) is 7.01. The van der Waals surface area contributed by atoms with Gasteiger partial charge in [-0.2, -0.15) is 5.26 Å². The van der Waals surface area contributed by atoms with Crippen molar-refractivity contribution in [2.45, 2.75) is 5.92 Å². The first-order valence-electron chi connectivity index (χ1n) is 9.45. The number of pyridine rings is 1. The second-order valence-electron chi connectivity index (χ2n) is 7.01. The molecule has 2 heterocycles. The molecule has 1 aromatic heterocycles. The summed E-state index contributed by atoms with van der Waals surface area (Å²) in [5, 5.41) is 10.6. The van der Waals surface area contributed by atoms with Crippen molar-refractivity contribution >= 4 is 10.9 Å². The summed E-state index contributed by atoms with van der Waals surface area (Å²) in [6.07, 6.45) is 0. The lowest BCUT2D eigenvalue weighted by atomic mass is 9.83. The van der Waals surface area contributed by atoms with Gasteiger partial charge in [0.25, 0.3) is 5.56 Å². The number of ether oxygens (including phenoxy) is 4. The first-order valence-corrected chi connectivity index (χ1v) is 9.45. The first kappa shape index (κ1) is 20.2. The van der Waals surface area contributed by atoms with Crippen molar-refractivity contribution in [1.29, 1.82) is 5.26 Å². The third kappa shape index (κ3) is 2.94. The molecule has 3 aromatic rings. The minimum Gasteiger partial charge on any atom is -0.493 e. The average Bonchev–Trinajstić information content (AvgIpc) is 2.80. The average molecular weight is 419 g/mol. The molecule has 31 heavy (non-hydrogen) atoms. The Kier molecular flexibility index (Phi) is 4.95. The molecule has 0 fully saturated rings. The number of nitriles is 1. The molecule has 0 amide bonds. The van der Waals surface area contributed by atoms with Crippen LogP contribution in [0.3, 0.4) is 0 Å². The van der Waals surface area contributed by atoms with Gasteiger partial charge in [0, 0.05) is 12.4 Å². The third-order valence-corrected chi connectivity index (χ3v) is 5.49. The Hall–Kier alpha value is -4.12. The number of benzene rings is 2. The van der Waals surface area contributed by atoms with E-state index >= 15 is 0 Å². The van der Waals surface area contributed by atoms with Crippen LogP contribution in [0.2, 0.25) is 0 Å². The Morgan fingerprint density at radius 2 is 1.74 bits per heavy atom. The van der Waals surface area contributed by atoms with Crippen LogP contribution in [0.25, 0.3) is 10.9 Å². The largest absolute Gasteiger partial charge is 0.493 e.